The molecule has 0 bridgehead atoms. The van der Waals surface area contributed by atoms with Crippen LogP contribution in [0.2, 0.25) is 0 Å². The number of aryl methyl sites for hydroxylation is 1. The lowest BCUT2D eigenvalue weighted by Crippen LogP contribution is -2.06. The van der Waals surface area contributed by atoms with Gasteiger partial charge in [-0.25, -0.2) is 19.3 Å². The van der Waals surface area contributed by atoms with Crippen LogP contribution in [0.25, 0.3) is 5.82 Å². The van der Waals surface area contributed by atoms with Crippen molar-refractivity contribution in [3.05, 3.63) is 30.0 Å². The Labute approximate surface area is 90.4 Å². The molecule has 0 unspecified atom stereocenters. The van der Waals surface area contributed by atoms with Crippen molar-refractivity contribution in [2.24, 2.45) is 0 Å². The first-order valence-corrected chi connectivity index (χ1v) is 4.57. The van der Waals surface area contributed by atoms with Crippen LogP contribution in [-0.2, 0) is 6.42 Å². The van der Waals surface area contributed by atoms with Gasteiger partial charge < -0.3 is 0 Å². The Bertz CT molecular complexity index is 555. The maximum Gasteiger partial charge on any atom is 0.252 e. The Kier molecular flexibility index (Phi) is 2.55. The van der Waals surface area contributed by atoms with Crippen molar-refractivity contribution in [1.29, 1.82) is 5.26 Å². The van der Waals surface area contributed by atoms with Gasteiger partial charge in [0.05, 0.1) is 5.69 Å². The summed E-state index contributed by atoms with van der Waals surface area (Å²) in [5.41, 5.74) is 0.305. The Balaban J connectivity index is 2.52. The molecule has 0 aliphatic rings. The quantitative estimate of drug-likeness (QED) is 0.738. The van der Waals surface area contributed by atoms with E-state index in [1.54, 1.807) is 13.0 Å². The molecule has 0 N–H and O–H groups in total. The van der Waals surface area contributed by atoms with Gasteiger partial charge >= 0.3 is 0 Å². The van der Waals surface area contributed by atoms with Crippen LogP contribution >= 0.6 is 0 Å². The molecule has 0 aliphatic carbocycles. The molecule has 0 atom stereocenters. The lowest BCUT2D eigenvalue weighted by molar-refractivity contribution is 0.574. The zero-order chi connectivity index (χ0) is 11.5. The summed E-state index contributed by atoms with van der Waals surface area (Å²) < 4.78 is 14.9. The molecule has 0 saturated carbocycles. The highest BCUT2D eigenvalue weighted by Crippen LogP contribution is 2.11. The third-order valence-corrected chi connectivity index (χ3v) is 1.99. The summed E-state index contributed by atoms with van der Waals surface area (Å²) in [6.45, 7) is 1.79. The number of hydrogen-bond acceptors (Lipinski definition) is 5. The number of halogens is 1. The van der Waals surface area contributed by atoms with E-state index in [1.165, 1.54) is 12.7 Å². The minimum Gasteiger partial charge on any atom is -0.238 e. The Morgan fingerprint density at radius 2 is 2.25 bits per heavy atom. The number of hydrogen-bond donors (Lipinski definition) is 0. The maximum atomic E-state index is 13.8. The molecule has 0 spiro atoms. The fourth-order valence-electron chi connectivity index (χ4n) is 1.22. The molecule has 0 radical (unpaired) electrons. The van der Waals surface area contributed by atoms with Crippen LogP contribution in [0.4, 0.5) is 4.39 Å². The summed E-state index contributed by atoms with van der Waals surface area (Å²) in [6.07, 6.45) is 2.95. The van der Waals surface area contributed by atoms with Gasteiger partial charge in [0.15, 0.2) is 11.6 Å². The zero-order valence-electron chi connectivity index (χ0n) is 8.42. The molecule has 0 amide bonds. The van der Waals surface area contributed by atoms with Crippen LogP contribution in [0, 0.1) is 17.1 Å². The number of aromatic nitrogens is 5. The maximum absolute atomic E-state index is 13.8. The molecular formula is C9H7FN6. The minimum atomic E-state index is -0.542. The highest BCUT2D eigenvalue weighted by atomic mass is 19.1. The summed E-state index contributed by atoms with van der Waals surface area (Å²) in [5.74, 6) is -0.573. The van der Waals surface area contributed by atoms with Gasteiger partial charge in [-0.15, -0.1) is 5.10 Å². The third-order valence-electron chi connectivity index (χ3n) is 1.99. The van der Waals surface area contributed by atoms with Crippen molar-refractivity contribution in [2.75, 3.05) is 0 Å². The average Bonchev–Trinajstić information content (AvgIpc) is 2.78. The van der Waals surface area contributed by atoms with Gasteiger partial charge in [-0.05, 0) is 6.42 Å². The van der Waals surface area contributed by atoms with Crippen molar-refractivity contribution in [3.8, 4) is 11.9 Å². The number of rotatable bonds is 2. The molecule has 0 aromatic carbocycles. The standard InChI is InChI=1S/C9H7FN6/c1-2-6-8(10)9(13-4-12-6)16-5-14-7(3-11)15-16/h4-5H,2H2,1H3. The van der Waals surface area contributed by atoms with Crippen LogP contribution in [0.3, 0.4) is 0 Å². The molecule has 7 heteroatoms. The normalized spacial score (nSPS) is 10.1. The Hall–Kier alpha value is -2.36. The fraction of sp³-hybridized carbons (Fsp3) is 0.222. The van der Waals surface area contributed by atoms with Gasteiger partial charge in [-0.3, -0.25) is 0 Å². The van der Waals surface area contributed by atoms with Gasteiger partial charge in [0.25, 0.3) is 5.82 Å². The van der Waals surface area contributed by atoms with Gasteiger partial charge in [-0.1, -0.05) is 6.92 Å². The van der Waals surface area contributed by atoms with Crippen LogP contribution in [0.5, 0.6) is 0 Å². The predicted molar refractivity (Wildman–Crippen MR) is 51.0 cm³/mol. The molecule has 2 heterocycles. The van der Waals surface area contributed by atoms with Crippen LogP contribution < -0.4 is 0 Å². The topological polar surface area (TPSA) is 80.3 Å². The van der Waals surface area contributed by atoms with Crippen LogP contribution in [-0.4, -0.2) is 24.7 Å². The van der Waals surface area contributed by atoms with Gasteiger partial charge in [-0.2, -0.15) is 9.94 Å². The second-order valence-electron chi connectivity index (χ2n) is 2.94. The lowest BCUT2D eigenvalue weighted by atomic mass is 10.3. The molecule has 2 aromatic heterocycles. The van der Waals surface area contributed by atoms with E-state index >= 15 is 0 Å². The number of nitriles is 1. The van der Waals surface area contributed by atoms with E-state index in [4.69, 9.17) is 5.26 Å². The Morgan fingerprint density at radius 3 is 2.88 bits per heavy atom. The minimum absolute atomic E-state index is 0.000787. The van der Waals surface area contributed by atoms with E-state index < -0.39 is 5.82 Å². The summed E-state index contributed by atoms with van der Waals surface area (Å²) >= 11 is 0. The average molecular weight is 218 g/mol. The molecule has 16 heavy (non-hydrogen) atoms. The van der Waals surface area contributed by atoms with E-state index in [2.05, 4.69) is 20.1 Å². The zero-order valence-corrected chi connectivity index (χ0v) is 8.42. The van der Waals surface area contributed by atoms with E-state index in [9.17, 15) is 4.39 Å². The fourth-order valence-corrected chi connectivity index (χ4v) is 1.22. The third kappa shape index (κ3) is 1.61. The molecular weight excluding hydrogens is 211 g/mol. The van der Waals surface area contributed by atoms with Crippen molar-refractivity contribution < 1.29 is 4.39 Å². The van der Waals surface area contributed by atoms with Gasteiger partial charge in [0.1, 0.15) is 18.7 Å². The first-order chi connectivity index (χ1) is 7.76. The SMILES string of the molecule is CCc1ncnc(-n2cnc(C#N)n2)c1F. The summed E-state index contributed by atoms with van der Waals surface area (Å²) in [7, 11) is 0. The van der Waals surface area contributed by atoms with E-state index in [-0.39, 0.29) is 11.6 Å². The smallest absolute Gasteiger partial charge is 0.238 e. The molecule has 80 valence electrons. The van der Waals surface area contributed by atoms with Crippen molar-refractivity contribution in [2.45, 2.75) is 13.3 Å². The predicted octanol–water partition coefficient (Wildman–Crippen LogP) is 0.630. The van der Waals surface area contributed by atoms with Crippen molar-refractivity contribution in [1.82, 2.24) is 24.7 Å². The first-order valence-electron chi connectivity index (χ1n) is 4.57. The largest absolute Gasteiger partial charge is 0.252 e. The monoisotopic (exact) mass is 218 g/mol. The molecule has 6 nitrogen and oxygen atoms in total. The van der Waals surface area contributed by atoms with E-state index in [0.29, 0.717) is 12.1 Å². The van der Waals surface area contributed by atoms with E-state index in [0.717, 1.165) is 4.68 Å². The summed E-state index contributed by atoms with van der Waals surface area (Å²) in [6, 6.07) is 1.76. The first kappa shape index (κ1) is 10.2. The molecule has 2 rings (SSSR count). The van der Waals surface area contributed by atoms with Gasteiger partial charge in [0.2, 0.25) is 0 Å². The highest BCUT2D eigenvalue weighted by molar-refractivity contribution is 5.25. The van der Waals surface area contributed by atoms with E-state index in [1.807, 2.05) is 0 Å². The molecule has 0 aliphatic heterocycles. The van der Waals surface area contributed by atoms with Gasteiger partial charge in [0, 0.05) is 0 Å². The van der Waals surface area contributed by atoms with Crippen LogP contribution in [0.1, 0.15) is 18.4 Å². The Morgan fingerprint density at radius 1 is 1.44 bits per heavy atom. The second kappa shape index (κ2) is 4.02. The number of nitrogens with zero attached hydrogens (tertiary/aromatic N) is 6. The lowest BCUT2D eigenvalue weighted by Gasteiger charge is -2.03. The molecule has 2 aromatic rings. The van der Waals surface area contributed by atoms with Crippen LogP contribution in [0.15, 0.2) is 12.7 Å². The molecule has 0 saturated heterocycles. The van der Waals surface area contributed by atoms with Crippen molar-refractivity contribution >= 4 is 0 Å². The summed E-state index contributed by atoms with van der Waals surface area (Å²) in [5, 5.41) is 12.3. The second-order valence-corrected chi connectivity index (χ2v) is 2.94. The van der Waals surface area contributed by atoms with Crippen molar-refractivity contribution in [3.63, 3.8) is 0 Å². The molecule has 0 fully saturated rings. The summed E-state index contributed by atoms with van der Waals surface area (Å²) in [4.78, 5) is 11.2. The highest BCUT2D eigenvalue weighted by Gasteiger charge is 2.12.